The average molecular weight is 866 g/mol. The third-order valence-corrected chi connectivity index (χ3v) is 10.3. The second kappa shape index (κ2) is 27.9. The predicted molar refractivity (Wildman–Crippen MR) is 275 cm³/mol. The van der Waals surface area contributed by atoms with Crippen molar-refractivity contribution in [1.82, 2.24) is 15.0 Å². The van der Waals surface area contributed by atoms with Crippen molar-refractivity contribution in [2.75, 3.05) is 6.79 Å². The molecule has 0 atom stereocenters. The lowest BCUT2D eigenvalue weighted by Gasteiger charge is -1.95. The van der Waals surface area contributed by atoms with Gasteiger partial charge in [-0.15, -0.1) is 22.7 Å². The fourth-order valence-electron chi connectivity index (χ4n) is 5.29. The van der Waals surface area contributed by atoms with Gasteiger partial charge in [-0.1, -0.05) is 149 Å². The highest BCUT2D eigenvalue weighted by Gasteiger charge is 2.11. The fourth-order valence-corrected chi connectivity index (χ4v) is 6.71. The number of thiazole rings is 1. The van der Waals surface area contributed by atoms with Crippen LogP contribution in [0.15, 0.2) is 213 Å². The molecule has 0 amide bonds. The monoisotopic (exact) mass is 865 g/mol. The zero-order chi connectivity index (χ0) is 44.9. The van der Waals surface area contributed by atoms with Crippen molar-refractivity contribution in [1.29, 1.82) is 0 Å². The van der Waals surface area contributed by atoms with E-state index in [1.165, 1.54) is 37.7 Å². The van der Waals surface area contributed by atoms with Gasteiger partial charge in [-0.05, 0) is 99.8 Å². The highest BCUT2D eigenvalue weighted by molar-refractivity contribution is 7.17. The third-order valence-electron chi connectivity index (χ3n) is 8.51. The lowest BCUT2D eigenvalue weighted by atomic mass is 10.2. The summed E-state index contributed by atoms with van der Waals surface area (Å²) in [6, 6.07) is 41.8. The van der Waals surface area contributed by atoms with E-state index in [4.69, 9.17) is 13.9 Å². The second-order valence-electron chi connectivity index (χ2n) is 12.6. The van der Waals surface area contributed by atoms with Crippen molar-refractivity contribution < 1.29 is 13.9 Å². The number of thiophene rings is 1. The molecule has 1 aliphatic heterocycles. The van der Waals surface area contributed by atoms with Crippen molar-refractivity contribution in [2.45, 2.75) is 0 Å². The summed E-state index contributed by atoms with van der Waals surface area (Å²) in [7, 11) is 0. The van der Waals surface area contributed by atoms with Gasteiger partial charge in [-0.25, -0.2) is 4.98 Å². The van der Waals surface area contributed by atoms with Gasteiger partial charge in [-0.2, -0.15) is 0 Å². The molecule has 63 heavy (non-hydrogen) atoms. The Kier molecular flexibility index (Phi) is 21.2. The maximum absolute atomic E-state index is 5.17. The zero-order valence-corrected chi connectivity index (χ0v) is 36.9. The SMILES string of the molecule is C=Cc1c[nH]c2ccccc12.C=Cc1ccc2c(c1)OCO2.C=Cc1ccccc1.C=Cc1ccccn1.C=Cc1ccco1.C=Cc1csc2ccccc12.C=Cc1nccs1. The molecule has 4 aromatic carbocycles. The van der Waals surface area contributed by atoms with Crippen LogP contribution in [0.4, 0.5) is 0 Å². The number of H-pyrrole nitrogens is 1. The average Bonchev–Trinajstić information content (AvgIpc) is 4.23. The first-order valence-corrected chi connectivity index (χ1v) is 21.4. The predicted octanol–water partition coefficient (Wildman–Crippen LogP) is 16.2. The van der Waals surface area contributed by atoms with E-state index in [1.807, 2.05) is 121 Å². The number of fused-ring (bicyclic) bond motifs is 3. The number of rotatable bonds is 7. The largest absolute Gasteiger partial charge is 0.465 e. The van der Waals surface area contributed by atoms with Crippen LogP contribution in [0.3, 0.4) is 0 Å². The van der Waals surface area contributed by atoms with Crippen molar-refractivity contribution in [3.05, 3.63) is 248 Å². The number of pyridine rings is 1. The Balaban J connectivity index is 0.000000163. The molecule has 0 bridgehead atoms. The smallest absolute Gasteiger partial charge is 0.231 e. The number of benzene rings is 4. The molecule has 0 fully saturated rings. The van der Waals surface area contributed by atoms with Crippen LogP contribution in [0.25, 0.3) is 63.5 Å². The summed E-state index contributed by atoms with van der Waals surface area (Å²) in [6.45, 7) is 25.7. The maximum Gasteiger partial charge on any atom is 0.231 e. The number of aromatic amines is 1. The molecule has 6 nitrogen and oxygen atoms in total. The highest BCUT2D eigenvalue weighted by Crippen LogP contribution is 2.32. The Morgan fingerprint density at radius 1 is 0.540 bits per heavy atom. The van der Waals surface area contributed by atoms with Gasteiger partial charge in [0.15, 0.2) is 11.5 Å². The number of nitrogens with zero attached hydrogens (tertiary/aromatic N) is 2. The van der Waals surface area contributed by atoms with Gasteiger partial charge in [0.05, 0.1) is 12.0 Å². The van der Waals surface area contributed by atoms with Gasteiger partial charge in [-0.3, -0.25) is 4.98 Å². The van der Waals surface area contributed by atoms with Crippen LogP contribution in [-0.4, -0.2) is 21.7 Å². The number of hydrogen-bond donors (Lipinski definition) is 1. The van der Waals surface area contributed by atoms with Crippen LogP contribution in [0, 0.1) is 0 Å². The van der Waals surface area contributed by atoms with E-state index in [0.29, 0.717) is 6.79 Å². The van der Waals surface area contributed by atoms with E-state index in [2.05, 4.69) is 103 Å². The topological polar surface area (TPSA) is 73.2 Å². The minimum absolute atomic E-state index is 0.329. The Morgan fingerprint density at radius 2 is 1.25 bits per heavy atom. The van der Waals surface area contributed by atoms with Gasteiger partial charge < -0.3 is 18.9 Å². The van der Waals surface area contributed by atoms with E-state index in [1.54, 1.807) is 65.6 Å². The number of aromatic nitrogens is 3. The van der Waals surface area contributed by atoms with Gasteiger partial charge in [0.25, 0.3) is 0 Å². The molecule has 8 heteroatoms. The molecule has 0 saturated heterocycles. The van der Waals surface area contributed by atoms with Crippen LogP contribution in [0.2, 0.25) is 0 Å². The first-order valence-electron chi connectivity index (χ1n) is 19.6. The molecule has 10 rings (SSSR count). The van der Waals surface area contributed by atoms with Crippen molar-refractivity contribution in [3.63, 3.8) is 0 Å². The molecule has 0 spiro atoms. The summed E-state index contributed by atoms with van der Waals surface area (Å²) in [5.41, 5.74) is 6.72. The third kappa shape index (κ3) is 16.3. The Labute approximate surface area is 379 Å². The van der Waals surface area contributed by atoms with Gasteiger partial charge in [0.2, 0.25) is 6.79 Å². The molecule has 1 aliphatic rings. The summed E-state index contributed by atoms with van der Waals surface area (Å²) < 4.78 is 16.5. The lowest BCUT2D eigenvalue weighted by Crippen LogP contribution is -1.92. The van der Waals surface area contributed by atoms with Crippen LogP contribution < -0.4 is 9.47 Å². The molecular formula is C55H51N3O3S2. The molecule has 0 radical (unpaired) electrons. The fraction of sp³-hybridized carbons (Fsp3) is 0.0182. The number of hydrogen-bond acceptors (Lipinski definition) is 7. The summed E-state index contributed by atoms with van der Waals surface area (Å²) >= 11 is 3.36. The first-order chi connectivity index (χ1) is 31.0. The second-order valence-corrected chi connectivity index (χ2v) is 14.4. The van der Waals surface area contributed by atoms with E-state index < -0.39 is 0 Å². The number of furan rings is 1. The molecule has 1 N–H and O–H groups in total. The van der Waals surface area contributed by atoms with E-state index >= 15 is 0 Å². The molecular weight excluding hydrogens is 815 g/mol. The molecule has 5 aromatic heterocycles. The van der Waals surface area contributed by atoms with Crippen molar-refractivity contribution in [3.8, 4) is 11.5 Å². The zero-order valence-electron chi connectivity index (χ0n) is 35.2. The number of para-hydroxylation sites is 1. The van der Waals surface area contributed by atoms with E-state index in [-0.39, 0.29) is 0 Å². The van der Waals surface area contributed by atoms with Crippen LogP contribution >= 0.6 is 22.7 Å². The van der Waals surface area contributed by atoms with Crippen LogP contribution in [-0.2, 0) is 0 Å². The lowest BCUT2D eigenvalue weighted by molar-refractivity contribution is 0.174. The summed E-state index contributed by atoms with van der Waals surface area (Å²) in [5, 5.41) is 7.60. The minimum atomic E-state index is 0.329. The highest BCUT2D eigenvalue weighted by atomic mass is 32.1. The van der Waals surface area contributed by atoms with Gasteiger partial charge in [0.1, 0.15) is 10.8 Å². The Hall–Kier alpha value is -7.78. The quantitative estimate of drug-likeness (QED) is 0.173. The Morgan fingerprint density at radius 3 is 1.83 bits per heavy atom. The normalized spacial score (nSPS) is 9.90. The molecule has 0 saturated carbocycles. The summed E-state index contributed by atoms with van der Waals surface area (Å²) in [6.07, 6.45) is 19.6. The number of nitrogens with one attached hydrogen (secondary N) is 1. The first kappa shape index (κ1) is 47.9. The minimum Gasteiger partial charge on any atom is -0.465 e. The van der Waals surface area contributed by atoms with Gasteiger partial charge in [0, 0.05) is 39.6 Å². The molecule has 9 aromatic rings. The maximum atomic E-state index is 5.17. The van der Waals surface area contributed by atoms with Crippen LogP contribution in [0.1, 0.15) is 38.7 Å². The molecule has 0 aliphatic carbocycles. The van der Waals surface area contributed by atoms with Crippen molar-refractivity contribution in [2.24, 2.45) is 0 Å². The molecule has 0 unspecified atom stereocenters. The van der Waals surface area contributed by atoms with E-state index in [9.17, 15) is 0 Å². The molecule has 6 heterocycles. The van der Waals surface area contributed by atoms with E-state index in [0.717, 1.165) is 33.5 Å². The summed E-state index contributed by atoms with van der Waals surface area (Å²) in [5.74, 6) is 2.44. The van der Waals surface area contributed by atoms with Gasteiger partial charge >= 0.3 is 0 Å². The van der Waals surface area contributed by atoms with Crippen molar-refractivity contribution >= 4 is 86.2 Å². The standard InChI is InChI=1S/C10H9N.C10H8S.C9H8O2.C8H8.C7H7N.C6H6O.C5H5NS/c2*1-2-8-7-11-10-6-4-3-5-9(8)10;1-2-7-3-4-8-9(5-7)11-6-10-8;1-2-8-6-4-3-5-7-8;1-2-7-5-3-4-6-8-7;1-2-6-4-3-5-7-6;1-2-5-6-3-4-7-5/h2-7,11H,1H2;2-7H,1H2;2-5H,1,6H2;2-7H,1H2;2-6H,1H2;2-5H,1H2;2-4H,1H2. The van der Waals surface area contributed by atoms with Crippen LogP contribution in [0.5, 0.6) is 11.5 Å². The Bertz CT molecular complexity index is 2570. The number of ether oxygens (including phenoxy) is 2. The summed E-state index contributed by atoms with van der Waals surface area (Å²) in [4.78, 5) is 11.1. The molecule has 316 valence electrons.